The Hall–Kier alpha value is -5.08. The number of carbonyl (C=O) groups excluding carboxylic acids is 1. The van der Waals surface area contributed by atoms with Crippen molar-refractivity contribution in [3.05, 3.63) is 160 Å². The van der Waals surface area contributed by atoms with Gasteiger partial charge in [-0.15, -0.1) is 11.8 Å². The van der Waals surface area contributed by atoms with Gasteiger partial charge in [-0.1, -0.05) is 60.7 Å². The molecule has 0 aliphatic carbocycles. The molecule has 1 fully saturated rings. The van der Waals surface area contributed by atoms with Crippen molar-refractivity contribution in [2.24, 2.45) is 0 Å². The van der Waals surface area contributed by atoms with Gasteiger partial charge < -0.3 is 25.0 Å². The van der Waals surface area contributed by atoms with Crippen molar-refractivity contribution in [2.45, 2.75) is 43.0 Å². The Kier molecular flexibility index (Phi) is 11.3. The van der Waals surface area contributed by atoms with E-state index in [1.807, 2.05) is 48.5 Å². The molecule has 0 aromatic heterocycles. The van der Waals surface area contributed by atoms with Gasteiger partial charge in [0.15, 0.2) is 29.6 Å². The summed E-state index contributed by atoms with van der Waals surface area (Å²) in [6, 6.07) is 28.3. The first-order valence-corrected chi connectivity index (χ1v) is 17.0. The second kappa shape index (κ2) is 16.1. The van der Waals surface area contributed by atoms with E-state index in [0.717, 1.165) is 21.6 Å². The maximum Gasteiger partial charge on any atom is 0.335 e. The highest BCUT2D eigenvalue weighted by atomic mass is 32.2. The van der Waals surface area contributed by atoms with Crippen molar-refractivity contribution in [3.8, 4) is 11.1 Å². The van der Waals surface area contributed by atoms with E-state index < -0.39 is 52.8 Å². The summed E-state index contributed by atoms with van der Waals surface area (Å²) in [5.41, 5.74) is 2.94. The van der Waals surface area contributed by atoms with Crippen molar-refractivity contribution in [1.82, 2.24) is 5.32 Å². The summed E-state index contributed by atoms with van der Waals surface area (Å²) in [4.78, 5) is 24.6. The van der Waals surface area contributed by atoms with Gasteiger partial charge in [0.25, 0.3) is 5.91 Å². The number of thioether (sulfide) groups is 1. The predicted molar refractivity (Wildman–Crippen MR) is 182 cm³/mol. The molecule has 5 aromatic rings. The number of nitrogens with one attached hydrogen (secondary N) is 1. The summed E-state index contributed by atoms with van der Waals surface area (Å²) in [6.45, 7) is -0.362. The molecule has 1 saturated heterocycles. The molecule has 3 unspecified atom stereocenters. The fourth-order valence-corrected chi connectivity index (χ4v) is 6.63. The molecule has 0 spiro atoms. The molecule has 0 radical (unpaired) electrons. The summed E-state index contributed by atoms with van der Waals surface area (Å²) < 4.78 is 82.0. The molecule has 0 saturated carbocycles. The van der Waals surface area contributed by atoms with Crippen molar-refractivity contribution >= 4 is 23.6 Å². The number of benzene rings is 5. The SMILES string of the molecule is O=C(O)c1ccc(SCC2CC(c3ccc(CO)cc3)OC(c3cccc(-c4cccc(CNC(=O)c5c(F)c(F)c(F)c(F)c5F)c4)c3)O2)cc1. The van der Waals surface area contributed by atoms with E-state index in [1.54, 1.807) is 48.5 Å². The molecule has 13 heteroatoms. The van der Waals surface area contributed by atoms with Gasteiger partial charge in [-0.25, -0.2) is 26.7 Å². The number of ether oxygens (including phenoxy) is 2. The Bertz CT molecular complexity index is 2070. The lowest BCUT2D eigenvalue weighted by atomic mass is 9.99. The zero-order valence-electron chi connectivity index (χ0n) is 27.1. The third-order valence-corrected chi connectivity index (χ3v) is 9.61. The van der Waals surface area contributed by atoms with Crippen molar-refractivity contribution in [3.63, 3.8) is 0 Å². The number of carboxylic acids is 1. The minimum atomic E-state index is -2.35. The van der Waals surface area contributed by atoms with Crippen LogP contribution in [0.4, 0.5) is 22.0 Å². The number of halogens is 5. The average Bonchev–Trinajstić information content (AvgIpc) is 3.18. The maximum atomic E-state index is 14.2. The van der Waals surface area contributed by atoms with Crippen LogP contribution in [0.5, 0.6) is 0 Å². The van der Waals surface area contributed by atoms with Crippen LogP contribution < -0.4 is 5.32 Å². The third-order valence-electron chi connectivity index (χ3n) is 8.46. The minimum Gasteiger partial charge on any atom is -0.478 e. The average molecular weight is 736 g/mol. The first-order valence-electron chi connectivity index (χ1n) is 16.0. The van der Waals surface area contributed by atoms with Gasteiger partial charge in [0.05, 0.1) is 24.4 Å². The molecule has 5 aromatic carbocycles. The number of carboxylic acid groups (broad SMARTS) is 1. The highest BCUT2D eigenvalue weighted by molar-refractivity contribution is 7.99. The molecule has 52 heavy (non-hydrogen) atoms. The Morgan fingerprint density at radius 2 is 1.37 bits per heavy atom. The number of carbonyl (C=O) groups is 2. The second-order valence-corrected chi connectivity index (χ2v) is 13.0. The minimum absolute atomic E-state index is 0.0941. The summed E-state index contributed by atoms with van der Waals surface area (Å²) in [5.74, 6) is -13.1. The molecule has 1 aliphatic heterocycles. The first-order chi connectivity index (χ1) is 25.0. The lowest BCUT2D eigenvalue weighted by molar-refractivity contribution is -0.245. The van der Waals surface area contributed by atoms with E-state index in [1.165, 1.54) is 11.8 Å². The second-order valence-electron chi connectivity index (χ2n) is 11.9. The van der Waals surface area contributed by atoms with Gasteiger partial charge in [-0.2, -0.15) is 0 Å². The molecule has 1 amide bonds. The largest absolute Gasteiger partial charge is 0.478 e. The third kappa shape index (κ3) is 8.18. The number of aromatic carboxylic acids is 1. The molecular weight excluding hydrogens is 705 g/mol. The van der Waals surface area contributed by atoms with E-state index in [2.05, 4.69) is 5.32 Å². The molecule has 268 valence electrons. The number of hydrogen-bond acceptors (Lipinski definition) is 6. The molecule has 7 nitrogen and oxygen atoms in total. The van der Waals surface area contributed by atoms with Crippen molar-refractivity contribution in [2.75, 3.05) is 5.75 Å². The van der Waals surface area contributed by atoms with Gasteiger partial charge in [-0.05, 0) is 64.2 Å². The van der Waals surface area contributed by atoms with Gasteiger partial charge in [-0.3, -0.25) is 4.79 Å². The van der Waals surface area contributed by atoms with Crippen LogP contribution in [0.1, 0.15) is 61.8 Å². The molecule has 1 heterocycles. The quantitative estimate of drug-likeness (QED) is 0.0541. The topological polar surface area (TPSA) is 105 Å². The fourth-order valence-electron chi connectivity index (χ4n) is 5.71. The molecular formula is C39H30F5NO6S. The molecule has 3 N–H and O–H groups in total. The summed E-state index contributed by atoms with van der Waals surface area (Å²) >= 11 is 1.53. The standard InChI is InChI=1S/C39H30F5NO6S/c40-32-31(33(41)35(43)36(44)34(32)42)37(47)45-18-22-3-1-4-25(15-22)26-5-2-6-27(16-26)39-50-28(20-52-29-13-11-24(12-14-29)38(48)49)17-30(51-39)23-9-7-21(19-46)8-10-23/h1-16,28,30,39,46H,17-20H2,(H,45,47)(H,48,49). The van der Waals surface area contributed by atoms with Crippen molar-refractivity contribution < 1.29 is 51.2 Å². The van der Waals surface area contributed by atoms with Crippen LogP contribution in [0.3, 0.4) is 0 Å². The van der Waals surface area contributed by atoms with E-state index in [-0.39, 0.29) is 30.9 Å². The van der Waals surface area contributed by atoms with Gasteiger partial charge in [0.2, 0.25) is 5.82 Å². The number of aliphatic hydroxyl groups excluding tert-OH is 1. The Morgan fingerprint density at radius 1 is 0.731 bits per heavy atom. The van der Waals surface area contributed by atoms with Crippen LogP contribution in [-0.4, -0.2) is 33.9 Å². The van der Waals surface area contributed by atoms with Crippen molar-refractivity contribution in [1.29, 1.82) is 0 Å². The van der Waals surface area contributed by atoms with Gasteiger partial charge in [0, 0.05) is 29.2 Å². The molecule has 3 atom stereocenters. The number of hydrogen-bond donors (Lipinski definition) is 3. The van der Waals surface area contributed by atoms with E-state index in [0.29, 0.717) is 28.9 Å². The molecule has 0 bridgehead atoms. The smallest absolute Gasteiger partial charge is 0.335 e. The highest BCUT2D eigenvalue weighted by Gasteiger charge is 2.33. The Labute approximate surface area is 299 Å². The summed E-state index contributed by atoms with van der Waals surface area (Å²) in [5, 5.41) is 21.0. The van der Waals surface area contributed by atoms with Crippen LogP contribution in [0.2, 0.25) is 0 Å². The molecule has 6 rings (SSSR count). The van der Waals surface area contributed by atoms with E-state index in [4.69, 9.17) is 9.47 Å². The number of rotatable bonds is 11. The number of aliphatic hydroxyl groups is 1. The molecule has 1 aliphatic rings. The van der Waals surface area contributed by atoms with Crippen LogP contribution >= 0.6 is 11.8 Å². The number of amides is 1. The lowest BCUT2D eigenvalue weighted by Gasteiger charge is -2.36. The van der Waals surface area contributed by atoms with Crippen LogP contribution in [0.25, 0.3) is 11.1 Å². The van der Waals surface area contributed by atoms with Gasteiger partial charge in [0.1, 0.15) is 5.56 Å². The van der Waals surface area contributed by atoms with Crippen LogP contribution in [0.15, 0.2) is 102 Å². The van der Waals surface area contributed by atoms with Crippen LogP contribution in [-0.2, 0) is 22.6 Å². The highest BCUT2D eigenvalue weighted by Crippen LogP contribution is 2.40. The Morgan fingerprint density at radius 3 is 2.02 bits per heavy atom. The zero-order valence-corrected chi connectivity index (χ0v) is 27.9. The van der Waals surface area contributed by atoms with E-state index in [9.17, 15) is 41.8 Å². The predicted octanol–water partition coefficient (Wildman–Crippen LogP) is 8.51. The fraction of sp³-hybridized carbons (Fsp3) is 0.179. The summed E-state index contributed by atoms with van der Waals surface area (Å²) in [7, 11) is 0. The normalized spacial score (nSPS) is 17.2. The summed E-state index contributed by atoms with van der Waals surface area (Å²) in [6.07, 6.45) is -0.855. The van der Waals surface area contributed by atoms with Gasteiger partial charge >= 0.3 is 5.97 Å². The maximum absolute atomic E-state index is 14.2. The first kappa shape index (κ1) is 36.7. The van der Waals surface area contributed by atoms with E-state index >= 15 is 0 Å². The Balaban J connectivity index is 1.20. The van der Waals surface area contributed by atoms with Crippen LogP contribution in [0, 0.1) is 29.1 Å². The zero-order chi connectivity index (χ0) is 36.9. The lowest BCUT2D eigenvalue weighted by Crippen LogP contribution is -2.31. The monoisotopic (exact) mass is 735 g/mol.